The van der Waals surface area contributed by atoms with Gasteiger partial charge in [-0.2, -0.15) is 5.01 Å². The summed E-state index contributed by atoms with van der Waals surface area (Å²) < 4.78 is 5.54. The van der Waals surface area contributed by atoms with Gasteiger partial charge in [0.1, 0.15) is 5.75 Å². The average molecular weight is 698 g/mol. The molecular formula is C42H39N3O7. The molecule has 2 aliphatic heterocycles. The molecule has 52 heavy (non-hydrogen) atoms. The molecule has 10 nitrogen and oxygen atoms in total. The summed E-state index contributed by atoms with van der Waals surface area (Å²) in [5.74, 6) is -4.47. The molecule has 10 heteroatoms. The molecule has 3 fully saturated rings. The van der Waals surface area contributed by atoms with Gasteiger partial charge < -0.3 is 14.9 Å². The average Bonchev–Trinajstić information content (AvgIpc) is 3.53. The Morgan fingerprint density at radius 1 is 0.846 bits per heavy atom. The Hall–Kier alpha value is -5.90. The summed E-state index contributed by atoms with van der Waals surface area (Å²) in [4.78, 5) is 59.7. The lowest BCUT2D eigenvalue weighted by atomic mass is 9.49. The summed E-state index contributed by atoms with van der Waals surface area (Å²) in [5, 5.41) is 21.5. The standard InChI is InChI=1S/C42H39N3O7/c1-24-8-13-28(14-9-24)43-45-39(49)33-23-32-30(17-18-31-36(32)40(50)44(38(31)48)21-20-25-10-15-29(46)16-11-25)37(26-12-19-34(47)35(22-26)52-2)42(33,41(45)51)27-6-4-3-5-7-27/h3-17,19,22,31-33,36-37,43,46-47H,18,20-21,23H2,1-2H3. The summed E-state index contributed by atoms with van der Waals surface area (Å²) in [7, 11) is 1.45. The van der Waals surface area contributed by atoms with Crippen molar-refractivity contribution >= 4 is 29.3 Å². The molecule has 3 N–H and O–H groups in total. The summed E-state index contributed by atoms with van der Waals surface area (Å²) in [6.07, 6.45) is 2.95. The number of likely N-dealkylation sites (tertiary alicyclic amines) is 1. The number of hydrogen-bond donors (Lipinski definition) is 3. The molecule has 6 unspecified atom stereocenters. The van der Waals surface area contributed by atoms with E-state index in [-0.39, 0.29) is 42.0 Å². The van der Waals surface area contributed by atoms with Gasteiger partial charge in [-0.25, -0.2) is 0 Å². The van der Waals surface area contributed by atoms with Gasteiger partial charge in [-0.15, -0.1) is 0 Å². The van der Waals surface area contributed by atoms with Gasteiger partial charge in [0.05, 0.1) is 36.0 Å². The fraction of sp³-hybridized carbons (Fsp3) is 0.286. The first-order chi connectivity index (χ1) is 25.1. The molecule has 1 saturated carbocycles. The van der Waals surface area contributed by atoms with Crippen molar-refractivity contribution in [3.63, 3.8) is 0 Å². The fourth-order valence-corrected chi connectivity index (χ4v) is 9.19. The summed E-state index contributed by atoms with van der Waals surface area (Å²) in [6, 6.07) is 28.4. The second kappa shape index (κ2) is 12.7. The van der Waals surface area contributed by atoms with Crippen molar-refractivity contribution in [1.29, 1.82) is 0 Å². The predicted octanol–water partition coefficient (Wildman–Crippen LogP) is 5.64. The van der Waals surface area contributed by atoms with Crippen molar-refractivity contribution in [2.45, 2.75) is 37.5 Å². The highest BCUT2D eigenvalue weighted by Gasteiger charge is 2.70. The maximum Gasteiger partial charge on any atom is 0.260 e. The third-order valence-corrected chi connectivity index (χ3v) is 11.6. The first kappa shape index (κ1) is 33.3. The van der Waals surface area contributed by atoms with Crippen molar-refractivity contribution < 1.29 is 34.1 Å². The highest BCUT2D eigenvalue weighted by Crippen LogP contribution is 2.64. The Morgan fingerprint density at radius 2 is 1.58 bits per heavy atom. The SMILES string of the molecule is COc1cc(C2C3=CCC4C(=O)N(CCc5ccc(O)cc5)C(=O)C4C3CC3C(=O)N(Nc4ccc(C)cc4)C(=O)C32c2ccccc2)ccc1O. The quantitative estimate of drug-likeness (QED) is 0.159. The number of benzene rings is 4. The van der Waals surface area contributed by atoms with Gasteiger partial charge >= 0.3 is 0 Å². The topological polar surface area (TPSA) is 136 Å². The van der Waals surface area contributed by atoms with E-state index < -0.39 is 46.8 Å². The van der Waals surface area contributed by atoms with Gasteiger partial charge in [-0.05, 0) is 85.2 Å². The summed E-state index contributed by atoms with van der Waals surface area (Å²) >= 11 is 0. The first-order valence-corrected chi connectivity index (χ1v) is 17.6. The number of nitrogens with one attached hydrogen (secondary N) is 1. The number of allylic oxidation sites excluding steroid dienone is 2. The smallest absolute Gasteiger partial charge is 0.260 e. The highest BCUT2D eigenvalue weighted by molar-refractivity contribution is 6.13. The molecule has 0 radical (unpaired) electrons. The van der Waals surface area contributed by atoms with E-state index in [2.05, 4.69) is 5.43 Å². The third-order valence-electron chi connectivity index (χ3n) is 11.6. The predicted molar refractivity (Wildman–Crippen MR) is 192 cm³/mol. The zero-order chi connectivity index (χ0) is 36.3. The van der Waals surface area contributed by atoms with Crippen LogP contribution >= 0.6 is 0 Å². The summed E-state index contributed by atoms with van der Waals surface area (Å²) in [6.45, 7) is 2.15. The number of ether oxygens (including phenoxy) is 1. The van der Waals surface area contributed by atoms with E-state index >= 15 is 4.79 Å². The molecule has 8 rings (SSSR count). The molecule has 2 saturated heterocycles. The minimum absolute atomic E-state index is 0.0704. The fourth-order valence-electron chi connectivity index (χ4n) is 9.19. The van der Waals surface area contributed by atoms with Crippen LogP contribution in [-0.4, -0.2) is 57.4 Å². The number of imide groups is 2. The van der Waals surface area contributed by atoms with Crippen LogP contribution in [0.4, 0.5) is 5.69 Å². The second-order valence-corrected chi connectivity index (χ2v) is 14.3. The highest BCUT2D eigenvalue weighted by atomic mass is 16.5. The van der Waals surface area contributed by atoms with Crippen molar-refractivity contribution in [2.24, 2.45) is 23.7 Å². The van der Waals surface area contributed by atoms with Crippen LogP contribution in [0.2, 0.25) is 0 Å². The van der Waals surface area contributed by atoms with Crippen LogP contribution in [0.25, 0.3) is 0 Å². The molecule has 6 atom stereocenters. The van der Waals surface area contributed by atoms with Crippen molar-refractivity contribution in [3.05, 3.63) is 131 Å². The Morgan fingerprint density at radius 3 is 2.29 bits per heavy atom. The number of nitrogens with zero attached hydrogens (tertiary/aromatic N) is 2. The number of aryl methyl sites for hydroxylation is 1. The molecule has 4 aromatic carbocycles. The van der Waals surface area contributed by atoms with Crippen LogP contribution in [-0.2, 0) is 31.0 Å². The monoisotopic (exact) mass is 697 g/mol. The van der Waals surface area contributed by atoms with E-state index in [1.165, 1.54) is 18.1 Å². The van der Waals surface area contributed by atoms with Gasteiger partial charge in [0.25, 0.3) is 11.8 Å². The number of amides is 4. The Kier molecular flexibility index (Phi) is 8.12. The number of phenols is 2. The maximum absolute atomic E-state index is 15.3. The Balaban J connectivity index is 1.26. The zero-order valence-corrected chi connectivity index (χ0v) is 28.9. The van der Waals surface area contributed by atoms with Gasteiger partial charge in [0, 0.05) is 12.5 Å². The summed E-state index contributed by atoms with van der Waals surface area (Å²) in [5.41, 5.74) is 6.32. The molecule has 4 amide bonds. The number of anilines is 1. The van der Waals surface area contributed by atoms with Crippen LogP contribution in [0.15, 0.2) is 109 Å². The third kappa shape index (κ3) is 5.07. The number of phenolic OH excluding ortho intramolecular Hbond substituents is 2. The van der Waals surface area contributed by atoms with E-state index in [0.29, 0.717) is 29.7 Å². The van der Waals surface area contributed by atoms with Crippen molar-refractivity contribution in [2.75, 3.05) is 19.1 Å². The number of rotatable bonds is 8. The lowest BCUT2D eigenvalue weighted by Crippen LogP contribution is -2.53. The second-order valence-electron chi connectivity index (χ2n) is 14.3. The normalized spacial score (nSPS) is 26.5. The number of fused-ring (bicyclic) bond motifs is 4. The Labute approximate surface area is 301 Å². The van der Waals surface area contributed by atoms with Gasteiger partial charge in [-0.3, -0.25) is 29.5 Å². The number of methoxy groups -OCH3 is 1. The van der Waals surface area contributed by atoms with Crippen LogP contribution in [0, 0.1) is 30.6 Å². The molecule has 0 aromatic heterocycles. The number of aromatic hydroxyl groups is 2. The van der Waals surface area contributed by atoms with Gasteiger partial charge in [-0.1, -0.05) is 77.9 Å². The molecule has 2 aliphatic carbocycles. The number of hydrogen-bond acceptors (Lipinski definition) is 8. The lowest BCUT2D eigenvalue weighted by molar-refractivity contribution is -0.141. The van der Waals surface area contributed by atoms with E-state index in [0.717, 1.165) is 21.7 Å². The molecular weight excluding hydrogens is 658 g/mol. The minimum atomic E-state index is -1.42. The van der Waals surface area contributed by atoms with Crippen molar-refractivity contribution in [1.82, 2.24) is 9.91 Å². The number of carbonyl (C=O) groups is 4. The van der Waals surface area contributed by atoms with Crippen LogP contribution < -0.4 is 10.2 Å². The molecule has 264 valence electrons. The van der Waals surface area contributed by atoms with Gasteiger partial charge in [0.2, 0.25) is 11.8 Å². The molecule has 4 aromatic rings. The Bertz CT molecular complexity index is 2110. The van der Waals surface area contributed by atoms with E-state index in [9.17, 15) is 24.6 Å². The van der Waals surface area contributed by atoms with E-state index in [4.69, 9.17) is 4.74 Å². The maximum atomic E-state index is 15.3. The van der Waals surface area contributed by atoms with Crippen molar-refractivity contribution in [3.8, 4) is 17.2 Å². The van der Waals surface area contributed by atoms with E-state index in [1.807, 2.05) is 67.6 Å². The van der Waals surface area contributed by atoms with E-state index in [1.54, 1.807) is 36.4 Å². The largest absolute Gasteiger partial charge is 0.508 e. The first-order valence-electron chi connectivity index (χ1n) is 17.6. The number of carbonyl (C=O) groups excluding carboxylic acids is 4. The lowest BCUT2D eigenvalue weighted by Gasteiger charge is -2.50. The van der Waals surface area contributed by atoms with Gasteiger partial charge in [0.15, 0.2) is 11.5 Å². The van der Waals surface area contributed by atoms with Crippen LogP contribution in [0.3, 0.4) is 0 Å². The molecule has 0 spiro atoms. The zero-order valence-electron chi connectivity index (χ0n) is 28.9. The number of hydrazine groups is 1. The van der Waals surface area contributed by atoms with Crippen LogP contribution in [0.1, 0.15) is 41.0 Å². The minimum Gasteiger partial charge on any atom is -0.508 e. The molecule has 2 heterocycles. The van der Waals surface area contributed by atoms with Crippen LogP contribution in [0.5, 0.6) is 17.2 Å². The molecule has 0 bridgehead atoms. The molecule has 4 aliphatic rings.